The molecule has 0 unspecified atom stereocenters. The van der Waals surface area contributed by atoms with Crippen molar-refractivity contribution in [2.75, 3.05) is 6.61 Å². The van der Waals surface area contributed by atoms with E-state index in [0.29, 0.717) is 12.6 Å². The monoisotopic (exact) mass is 255 g/mol. The molecule has 0 aliphatic carbocycles. The first-order valence-electron chi connectivity index (χ1n) is 6.79. The molecule has 0 aliphatic rings. The average molecular weight is 255 g/mol. The van der Waals surface area contributed by atoms with Crippen molar-refractivity contribution in [2.45, 2.75) is 26.4 Å². The zero-order valence-electron chi connectivity index (χ0n) is 11.6. The summed E-state index contributed by atoms with van der Waals surface area (Å²) in [5.41, 5.74) is 2.58. The largest absolute Gasteiger partial charge is 0.494 e. The Morgan fingerprint density at radius 3 is 2.32 bits per heavy atom. The van der Waals surface area contributed by atoms with Crippen molar-refractivity contribution in [1.82, 2.24) is 5.32 Å². The van der Waals surface area contributed by atoms with Crippen molar-refractivity contribution in [1.29, 1.82) is 0 Å². The van der Waals surface area contributed by atoms with E-state index in [1.54, 1.807) is 0 Å². The van der Waals surface area contributed by atoms with Crippen molar-refractivity contribution in [3.8, 4) is 5.75 Å². The Morgan fingerprint density at radius 2 is 1.68 bits per heavy atom. The molecule has 1 N–H and O–H groups in total. The first-order valence-corrected chi connectivity index (χ1v) is 6.79. The van der Waals surface area contributed by atoms with E-state index in [9.17, 15) is 0 Å². The average Bonchev–Trinajstić information content (AvgIpc) is 2.47. The lowest BCUT2D eigenvalue weighted by Crippen LogP contribution is -2.17. The second kappa shape index (κ2) is 6.95. The predicted molar refractivity (Wildman–Crippen MR) is 79.3 cm³/mol. The van der Waals surface area contributed by atoms with E-state index in [2.05, 4.69) is 48.6 Å². The highest BCUT2D eigenvalue weighted by Gasteiger charge is 2.03. The maximum atomic E-state index is 5.44. The summed E-state index contributed by atoms with van der Waals surface area (Å²) < 4.78 is 5.44. The molecular formula is C17H21NO. The van der Waals surface area contributed by atoms with E-state index in [1.807, 2.05) is 25.1 Å². The number of ether oxygens (including phenoxy) is 1. The molecule has 2 rings (SSSR count). The van der Waals surface area contributed by atoms with Crippen molar-refractivity contribution < 1.29 is 4.74 Å². The summed E-state index contributed by atoms with van der Waals surface area (Å²) in [6, 6.07) is 19.1. The Balaban J connectivity index is 1.88. The fourth-order valence-corrected chi connectivity index (χ4v) is 2.00. The van der Waals surface area contributed by atoms with Gasteiger partial charge in [0.25, 0.3) is 0 Å². The Hall–Kier alpha value is -1.80. The van der Waals surface area contributed by atoms with Gasteiger partial charge in [-0.2, -0.15) is 0 Å². The van der Waals surface area contributed by atoms with Crippen molar-refractivity contribution in [3.63, 3.8) is 0 Å². The minimum absolute atomic E-state index is 0.354. The van der Waals surface area contributed by atoms with Crippen LogP contribution in [0.15, 0.2) is 54.6 Å². The molecule has 0 radical (unpaired) electrons. The minimum Gasteiger partial charge on any atom is -0.494 e. The number of benzene rings is 2. The third-order valence-electron chi connectivity index (χ3n) is 3.15. The molecule has 0 heterocycles. The van der Waals surface area contributed by atoms with Crippen LogP contribution in [0.5, 0.6) is 5.75 Å². The molecular weight excluding hydrogens is 234 g/mol. The van der Waals surface area contributed by atoms with Gasteiger partial charge in [0.1, 0.15) is 5.75 Å². The van der Waals surface area contributed by atoms with E-state index in [1.165, 1.54) is 11.1 Å². The zero-order chi connectivity index (χ0) is 13.5. The SMILES string of the molecule is CCOc1ccc(CN[C@@H](C)c2ccccc2)cc1. The lowest BCUT2D eigenvalue weighted by molar-refractivity contribution is 0.340. The lowest BCUT2D eigenvalue weighted by Gasteiger charge is -2.14. The first kappa shape index (κ1) is 13.6. The van der Waals surface area contributed by atoms with Gasteiger partial charge in [-0.3, -0.25) is 0 Å². The van der Waals surface area contributed by atoms with Crippen molar-refractivity contribution in [3.05, 3.63) is 65.7 Å². The van der Waals surface area contributed by atoms with Crippen LogP contribution < -0.4 is 10.1 Å². The highest BCUT2D eigenvalue weighted by atomic mass is 16.5. The third kappa shape index (κ3) is 4.11. The molecule has 1 atom stereocenters. The Morgan fingerprint density at radius 1 is 1.00 bits per heavy atom. The maximum absolute atomic E-state index is 5.44. The van der Waals surface area contributed by atoms with Gasteiger partial charge < -0.3 is 10.1 Å². The summed E-state index contributed by atoms with van der Waals surface area (Å²) in [5.74, 6) is 0.933. The summed E-state index contributed by atoms with van der Waals surface area (Å²) in [4.78, 5) is 0. The summed E-state index contributed by atoms with van der Waals surface area (Å²) >= 11 is 0. The quantitative estimate of drug-likeness (QED) is 0.844. The summed E-state index contributed by atoms with van der Waals surface area (Å²) in [5, 5.41) is 3.53. The van der Waals surface area contributed by atoms with Crippen LogP contribution in [0.4, 0.5) is 0 Å². The van der Waals surface area contributed by atoms with Gasteiger partial charge in [0.05, 0.1) is 6.61 Å². The van der Waals surface area contributed by atoms with E-state index in [4.69, 9.17) is 4.74 Å². The van der Waals surface area contributed by atoms with Crippen LogP contribution in [0, 0.1) is 0 Å². The topological polar surface area (TPSA) is 21.3 Å². The number of nitrogens with one attached hydrogen (secondary N) is 1. The van der Waals surface area contributed by atoms with E-state index >= 15 is 0 Å². The summed E-state index contributed by atoms with van der Waals surface area (Å²) in [6.45, 7) is 5.76. The van der Waals surface area contributed by atoms with Crippen LogP contribution >= 0.6 is 0 Å². The van der Waals surface area contributed by atoms with Gasteiger partial charge in [-0.15, -0.1) is 0 Å². The van der Waals surface area contributed by atoms with Gasteiger partial charge in [0.15, 0.2) is 0 Å². The van der Waals surface area contributed by atoms with Gasteiger partial charge in [0.2, 0.25) is 0 Å². The van der Waals surface area contributed by atoms with Crippen LogP contribution in [0.1, 0.15) is 31.0 Å². The van der Waals surface area contributed by atoms with E-state index in [-0.39, 0.29) is 0 Å². The van der Waals surface area contributed by atoms with Crippen molar-refractivity contribution >= 4 is 0 Å². The number of rotatable bonds is 6. The van der Waals surface area contributed by atoms with Crippen LogP contribution in [0.25, 0.3) is 0 Å². The van der Waals surface area contributed by atoms with Gasteiger partial charge in [-0.05, 0) is 37.1 Å². The van der Waals surface area contributed by atoms with Crippen molar-refractivity contribution in [2.24, 2.45) is 0 Å². The molecule has 0 amide bonds. The molecule has 0 fully saturated rings. The molecule has 2 nitrogen and oxygen atoms in total. The van der Waals surface area contributed by atoms with Gasteiger partial charge in [0, 0.05) is 12.6 Å². The molecule has 19 heavy (non-hydrogen) atoms. The lowest BCUT2D eigenvalue weighted by atomic mass is 10.1. The third-order valence-corrected chi connectivity index (χ3v) is 3.15. The van der Waals surface area contributed by atoms with Crippen LogP contribution in [0.3, 0.4) is 0 Å². The molecule has 0 saturated carbocycles. The van der Waals surface area contributed by atoms with Gasteiger partial charge >= 0.3 is 0 Å². The molecule has 0 saturated heterocycles. The van der Waals surface area contributed by atoms with Crippen LogP contribution in [0.2, 0.25) is 0 Å². The predicted octanol–water partition coefficient (Wildman–Crippen LogP) is 3.94. The zero-order valence-corrected chi connectivity index (χ0v) is 11.6. The van der Waals surface area contributed by atoms with E-state index < -0.39 is 0 Å². The maximum Gasteiger partial charge on any atom is 0.119 e. The van der Waals surface area contributed by atoms with E-state index in [0.717, 1.165) is 12.3 Å². The smallest absolute Gasteiger partial charge is 0.119 e. The molecule has 0 bridgehead atoms. The highest BCUT2D eigenvalue weighted by molar-refractivity contribution is 5.27. The highest BCUT2D eigenvalue weighted by Crippen LogP contribution is 2.14. The Labute approximate surface area is 115 Å². The molecule has 2 heteroatoms. The van der Waals surface area contributed by atoms with Crippen LogP contribution in [-0.4, -0.2) is 6.61 Å². The normalized spacial score (nSPS) is 12.1. The molecule has 0 aromatic heterocycles. The second-order valence-electron chi connectivity index (χ2n) is 4.59. The molecule has 2 aromatic carbocycles. The van der Waals surface area contributed by atoms with Crippen LogP contribution in [-0.2, 0) is 6.54 Å². The Kier molecular flexibility index (Phi) is 4.99. The standard InChI is InChI=1S/C17H21NO/c1-3-19-17-11-9-15(10-12-17)13-18-14(2)16-7-5-4-6-8-16/h4-12,14,18H,3,13H2,1-2H3/t14-/m0/s1. The van der Waals surface area contributed by atoms with Gasteiger partial charge in [-0.1, -0.05) is 42.5 Å². The molecule has 100 valence electrons. The molecule has 0 aliphatic heterocycles. The molecule has 0 spiro atoms. The fourth-order valence-electron chi connectivity index (χ4n) is 2.00. The summed E-state index contributed by atoms with van der Waals surface area (Å²) in [7, 11) is 0. The first-order chi connectivity index (χ1) is 9.29. The number of hydrogen-bond acceptors (Lipinski definition) is 2. The second-order valence-corrected chi connectivity index (χ2v) is 4.59. The fraction of sp³-hybridized carbons (Fsp3) is 0.294. The Bertz CT molecular complexity index is 478. The van der Waals surface area contributed by atoms with Gasteiger partial charge in [-0.25, -0.2) is 0 Å². The minimum atomic E-state index is 0.354. The molecule has 2 aromatic rings. The summed E-state index contributed by atoms with van der Waals surface area (Å²) in [6.07, 6.45) is 0. The number of hydrogen-bond donors (Lipinski definition) is 1.